The van der Waals surface area contributed by atoms with Gasteiger partial charge in [-0.1, -0.05) is 42.5 Å². The van der Waals surface area contributed by atoms with Crippen LogP contribution in [0.2, 0.25) is 0 Å². The van der Waals surface area contributed by atoms with Crippen LogP contribution in [0.1, 0.15) is 21.5 Å². The molecule has 1 atom stereocenters. The molecule has 1 aromatic heterocycles. The van der Waals surface area contributed by atoms with Crippen molar-refractivity contribution < 1.29 is 14.3 Å². The van der Waals surface area contributed by atoms with Gasteiger partial charge in [0.15, 0.2) is 0 Å². The first-order chi connectivity index (χ1) is 13.6. The molecule has 0 spiro atoms. The van der Waals surface area contributed by atoms with Crippen LogP contribution in [0.4, 0.5) is 0 Å². The molecule has 3 rings (SSSR count). The van der Waals surface area contributed by atoms with Crippen molar-refractivity contribution in [3.05, 3.63) is 95.8 Å². The Kier molecular flexibility index (Phi) is 6.36. The minimum absolute atomic E-state index is 0.273. The highest BCUT2D eigenvalue weighted by Crippen LogP contribution is 2.16. The van der Waals surface area contributed by atoms with E-state index in [2.05, 4.69) is 10.3 Å². The molecule has 6 nitrogen and oxygen atoms in total. The Morgan fingerprint density at radius 2 is 1.68 bits per heavy atom. The SMILES string of the molecule is NC(=O)[C@@H](Cc1cccc(OCc2ccccc2)c1)NC(=O)c1ccncc1. The minimum Gasteiger partial charge on any atom is -0.489 e. The van der Waals surface area contributed by atoms with Crippen molar-refractivity contribution in [3.63, 3.8) is 0 Å². The number of nitrogens with two attached hydrogens (primary N) is 1. The Morgan fingerprint density at radius 3 is 2.39 bits per heavy atom. The normalized spacial score (nSPS) is 11.4. The highest BCUT2D eigenvalue weighted by atomic mass is 16.5. The van der Waals surface area contributed by atoms with Crippen LogP contribution in [0, 0.1) is 0 Å². The van der Waals surface area contributed by atoms with E-state index < -0.39 is 11.9 Å². The highest BCUT2D eigenvalue weighted by molar-refractivity contribution is 5.97. The van der Waals surface area contributed by atoms with Crippen molar-refractivity contribution >= 4 is 11.8 Å². The first-order valence-corrected chi connectivity index (χ1v) is 8.87. The lowest BCUT2D eigenvalue weighted by atomic mass is 10.0. The number of pyridine rings is 1. The van der Waals surface area contributed by atoms with Gasteiger partial charge in [0, 0.05) is 24.4 Å². The summed E-state index contributed by atoms with van der Waals surface area (Å²) in [7, 11) is 0. The second-order valence-electron chi connectivity index (χ2n) is 6.29. The molecule has 2 aromatic carbocycles. The second-order valence-corrected chi connectivity index (χ2v) is 6.29. The molecule has 0 radical (unpaired) electrons. The molecule has 0 unspecified atom stereocenters. The smallest absolute Gasteiger partial charge is 0.252 e. The number of benzene rings is 2. The number of aromatic nitrogens is 1. The first kappa shape index (κ1) is 19.1. The summed E-state index contributed by atoms with van der Waals surface area (Å²) in [4.78, 5) is 28.0. The van der Waals surface area contributed by atoms with Crippen LogP contribution in [-0.2, 0) is 17.8 Å². The van der Waals surface area contributed by atoms with Gasteiger partial charge in [-0.25, -0.2) is 0 Å². The van der Waals surface area contributed by atoms with E-state index in [-0.39, 0.29) is 12.3 Å². The van der Waals surface area contributed by atoms with E-state index >= 15 is 0 Å². The fraction of sp³-hybridized carbons (Fsp3) is 0.136. The number of rotatable bonds is 8. The van der Waals surface area contributed by atoms with Gasteiger partial charge in [-0.2, -0.15) is 0 Å². The van der Waals surface area contributed by atoms with Crippen LogP contribution in [0.25, 0.3) is 0 Å². The van der Waals surface area contributed by atoms with E-state index in [0.29, 0.717) is 17.9 Å². The summed E-state index contributed by atoms with van der Waals surface area (Å²) in [5.41, 5.74) is 7.80. The fourth-order valence-electron chi connectivity index (χ4n) is 2.71. The number of nitrogens with zero attached hydrogens (tertiary/aromatic N) is 1. The summed E-state index contributed by atoms with van der Waals surface area (Å²) in [5.74, 6) is -0.286. The van der Waals surface area contributed by atoms with Gasteiger partial charge in [0.25, 0.3) is 5.91 Å². The number of hydrogen-bond donors (Lipinski definition) is 2. The molecule has 2 amide bonds. The van der Waals surface area contributed by atoms with E-state index in [1.54, 1.807) is 12.1 Å². The van der Waals surface area contributed by atoms with Crippen molar-refractivity contribution in [1.29, 1.82) is 0 Å². The molecule has 142 valence electrons. The minimum atomic E-state index is -0.829. The summed E-state index contributed by atoms with van der Waals surface area (Å²) in [6, 6.07) is 19.6. The molecule has 0 aliphatic rings. The summed E-state index contributed by atoms with van der Waals surface area (Å²) in [5, 5.41) is 2.68. The highest BCUT2D eigenvalue weighted by Gasteiger charge is 2.19. The predicted octanol–water partition coefficient (Wildman–Crippen LogP) is 2.49. The van der Waals surface area contributed by atoms with E-state index in [0.717, 1.165) is 11.1 Å². The van der Waals surface area contributed by atoms with Crippen molar-refractivity contribution in [1.82, 2.24) is 10.3 Å². The third kappa shape index (κ3) is 5.41. The molecule has 6 heteroatoms. The molecule has 0 aliphatic heterocycles. The molecule has 0 fully saturated rings. The molecule has 3 N–H and O–H groups in total. The van der Waals surface area contributed by atoms with Gasteiger partial charge in [0.2, 0.25) is 5.91 Å². The second kappa shape index (κ2) is 9.32. The Labute approximate surface area is 163 Å². The maximum atomic E-state index is 12.3. The maximum absolute atomic E-state index is 12.3. The standard InChI is InChI=1S/C22H21N3O3/c23-21(26)20(25-22(27)18-9-11-24-12-10-18)14-17-7-4-8-19(13-17)28-15-16-5-2-1-3-6-16/h1-13,20H,14-15H2,(H2,23,26)(H,25,27)/t20-/m1/s1. The van der Waals surface area contributed by atoms with E-state index in [4.69, 9.17) is 10.5 Å². The number of carbonyl (C=O) groups excluding carboxylic acids is 2. The number of hydrogen-bond acceptors (Lipinski definition) is 4. The zero-order chi connectivity index (χ0) is 19.8. The third-order valence-electron chi connectivity index (χ3n) is 4.18. The molecule has 0 bridgehead atoms. The van der Waals surface area contributed by atoms with Crippen molar-refractivity contribution in [2.75, 3.05) is 0 Å². The maximum Gasteiger partial charge on any atom is 0.252 e. The fourth-order valence-corrected chi connectivity index (χ4v) is 2.71. The number of nitrogens with one attached hydrogen (secondary N) is 1. The molecule has 0 saturated heterocycles. The van der Waals surface area contributed by atoms with Gasteiger partial charge in [0.1, 0.15) is 18.4 Å². The topological polar surface area (TPSA) is 94.3 Å². The zero-order valence-electron chi connectivity index (χ0n) is 15.2. The average molecular weight is 375 g/mol. The molecule has 3 aromatic rings. The lowest BCUT2D eigenvalue weighted by Crippen LogP contribution is -2.45. The molecule has 0 aliphatic carbocycles. The lowest BCUT2D eigenvalue weighted by Gasteiger charge is -2.16. The monoisotopic (exact) mass is 375 g/mol. The van der Waals surface area contributed by atoms with Crippen LogP contribution in [0.15, 0.2) is 79.1 Å². The van der Waals surface area contributed by atoms with Crippen molar-refractivity contribution in [2.45, 2.75) is 19.1 Å². The number of ether oxygens (including phenoxy) is 1. The zero-order valence-corrected chi connectivity index (χ0v) is 15.2. The van der Waals surface area contributed by atoms with Crippen molar-refractivity contribution in [2.24, 2.45) is 5.73 Å². The van der Waals surface area contributed by atoms with Crippen LogP contribution in [0.5, 0.6) is 5.75 Å². The van der Waals surface area contributed by atoms with Crippen LogP contribution < -0.4 is 15.8 Å². The molecular formula is C22H21N3O3. The largest absolute Gasteiger partial charge is 0.489 e. The number of carbonyl (C=O) groups is 2. The Balaban J connectivity index is 1.64. The van der Waals surface area contributed by atoms with Crippen LogP contribution in [-0.4, -0.2) is 22.8 Å². The Hall–Kier alpha value is -3.67. The van der Waals surface area contributed by atoms with Crippen LogP contribution >= 0.6 is 0 Å². The number of amides is 2. The van der Waals surface area contributed by atoms with E-state index in [9.17, 15) is 9.59 Å². The Morgan fingerprint density at radius 1 is 0.964 bits per heavy atom. The van der Waals surface area contributed by atoms with Gasteiger partial charge in [-0.05, 0) is 35.4 Å². The van der Waals surface area contributed by atoms with Gasteiger partial charge in [-0.3, -0.25) is 14.6 Å². The van der Waals surface area contributed by atoms with Gasteiger partial charge in [0.05, 0.1) is 0 Å². The molecule has 0 saturated carbocycles. The third-order valence-corrected chi connectivity index (χ3v) is 4.18. The van der Waals surface area contributed by atoms with Crippen molar-refractivity contribution in [3.8, 4) is 5.75 Å². The van der Waals surface area contributed by atoms with Crippen LogP contribution in [0.3, 0.4) is 0 Å². The Bertz CT molecular complexity index is 930. The molecular weight excluding hydrogens is 354 g/mol. The van der Waals surface area contributed by atoms with E-state index in [1.165, 1.54) is 12.4 Å². The molecule has 1 heterocycles. The molecule has 28 heavy (non-hydrogen) atoms. The summed E-state index contributed by atoms with van der Waals surface area (Å²) in [6.07, 6.45) is 3.30. The predicted molar refractivity (Wildman–Crippen MR) is 106 cm³/mol. The first-order valence-electron chi connectivity index (χ1n) is 8.87. The quantitative estimate of drug-likeness (QED) is 0.632. The number of primary amides is 1. The summed E-state index contributed by atoms with van der Waals surface area (Å²) in [6.45, 7) is 0.447. The van der Waals surface area contributed by atoms with Gasteiger partial charge < -0.3 is 15.8 Å². The van der Waals surface area contributed by atoms with Gasteiger partial charge in [-0.15, -0.1) is 0 Å². The summed E-state index contributed by atoms with van der Waals surface area (Å²) < 4.78 is 5.81. The lowest BCUT2D eigenvalue weighted by molar-refractivity contribution is -0.119. The van der Waals surface area contributed by atoms with E-state index in [1.807, 2.05) is 54.6 Å². The van der Waals surface area contributed by atoms with Gasteiger partial charge >= 0.3 is 0 Å². The summed E-state index contributed by atoms with van der Waals surface area (Å²) >= 11 is 0. The average Bonchev–Trinajstić information content (AvgIpc) is 2.73.